The van der Waals surface area contributed by atoms with Crippen molar-refractivity contribution in [3.63, 3.8) is 0 Å². The molecule has 1 aromatic rings. The highest BCUT2D eigenvalue weighted by molar-refractivity contribution is 6.06. The zero-order valence-corrected chi connectivity index (χ0v) is 13.2. The van der Waals surface area contributed by atoms with Gasteiger partial charge < -0.3 is 10.2 Å². The summed E-state index contributed by atoms with van der Waals surface area (Å²) in [6.07, 6.45) is 0.0632. The maximum Gasteiger partial charge on any atom is 0.416 e. The third kappa shape index (κ3) is 4.51. The minimum absolute atomic E-state index is 0.00247. The van der Waals surface area contributed by atoms with Gasteiger partial charge in [-0.25, -0.2) is 0 Å². The number of likely N-dealkylation sites (tertiary alicyclic amines) is 1. The van der Waals surface area contributed by atoms with Gasteiger partial charge in [-0.05, 0) is 44.4 Å². The van der Waals surface area contributed by atoms with E-state index in [1.165, 1.54) is 18.3 Å². The second-order valence-corrected chi connectivity index (χ2v) is 5.77. The van der Waals surface area contributed by atoms with Gasteiger partial charge in [0.25, 0.3) is 5.91 Å². The number of carbonyl (C=O) groups is 1. The molecule has 1 aliphatic heterocycles. The molecule has 0 aliphatic carbocycles. The van der Waals surface area contributed by atoms with Gasteiger partial charge in [0.1, 0.15) is 11.6 Å². The quantitative estimate of drug-likeness (QED) is 0.672. The summed E-state index contributed by atoms with van der Waals surface area (Å²) in [5.74, 6) is -0.713. The molecule has 1 unspecified atom stereocenters. The molecule has 0 spiro atoms. The molecule has 1 N–H and O–H groups in total. The summed E-state index contributed by atoms with van der Waals surface area (Å²) in [4.78, 5) is 14.1. The molecule has 128 valence electrons. The molecular formula is C17H18F3N3O. The number of hydrogen-bond donors (Lipinski definition) is 1. The minimum atomic E-state index is -4.49. The Morgan fingerprint density at radius 2 is 2.17 bits per heavy atom. The van der Waals surface area contributed by atoms with Crippen molar-refractivity contribution in [3.8, 4) is 6.07 Å². The van der Waals surface area contributed by atoms with Crippen molar-refractivity contribution < 1.29 is 18.0 Å². The molecule has 4 nitrogen and oxygen atoms in total. The Hall–Kier alpha value is -2.49. The first-order valence-electron chi connectivity index (χ1n) is 7.67. The van der Waals surface area contributed by atoms with Crippen molar-refractivity contribution in [1.82, 2.24) is 4.90 Å². The van der Waals surface area contributed by atoms with E-state index in [1.54, 1.807) is 0 Å². The predicted molar refractivity (Wildman–Crippen MR) is 83.8 cm³/mol. The van der Waals surface area contributed by atoms with Crippen LogP contribution in [0.3, 0.4) is 0 Å². The summed E-state index contributed by atoms with van der Waals surface area (Å²) in [5.41, 5.74) is -0.976. The van der Waals surface area contributed by atoms with Crippen LogP contribution in [0.4, 0.5) is 18.9 Å². The lowest BCUT2D eigenvalue weighted by Gasteiger charge is -2.32. The van der Waals surface area contributed by atoms with Crippen molar-refractivity contribution in [2.75, 3.05) is 11.9 Å². The lowest BCUT2D eigenvalue weighted by atomic mass is 10.0. The number of nitrogens with one attached hydrogen (secondary N) is 1. The first-order valence-corrected chi connectivity index (χ1v) is 7.67. The SMILES string of the molecule is CC1CCCCN1/C=C(/C#N)C(=O)Nc1cccc(C(F)(F)F)c1. The van der Waals surface area contributed by atoms with Crippen molar-refractivity contribution in [3.05, 3.63) is 41.6 Å². The molecule has 1 fully saturated rings. The Bertz CT molecular complexity index is 676. The predicted octanol–water partition coefficient (Wildman–Crippen LogP) is 3.93. The van der Waals surface area contributed by atoms with E-state index in [9.17, 15) is 23.2 Å². The Morgan fingerprint density at radius 3 is 2.79 bits per heavy atom. The molecule has 1 aliphatic rings. The molecule has 2 rings (SSSR count). The van der Waals surface area contributed by atoms with E-state index in [0.717, 1.165) is 37.9 Å². The van der Waals surface area contributed by atoms with Gasteiger partial charge in [0.05, 0.1) is 5.56 Å². The molecule has 1 heterocycles. The lowest BCUT2D eigenvalue weighted by molar-refractivity contribution is -0.137. The van der Waals surface area contributed by atoms with E-state index in [4.69, 9.17) is 0 Å². The normalized spacial score (nSPS) is 18.9. The summed E-state index contributed by atoms with van der Waals surface area (Å²) < 4.78 is 38.1. The molecule has 0 bridgehead atoms. The second kappa shape index (κ2) is 7.39. The van der Waals surface area contributed by atoms with Crippen LogP contribution >= 0.6 is 0 Å². The number of piperidine rings is 1. The summed E-state index contributed by atoms with van der Waals surface area (Å²) in [6.45, 7) is 2.76. The zero-order chi connectivity index (χ0) is 17.7. The highest BCUT2D eigenvalue weighted by atomic mass is 19.4. The van der Waals surface area contributed by atoms with Crippen molar-refractivity contribution in [2.24, 2.45) is 0 Å². The molecule has 0 saturated carbocycles. The zero-order valence-electron chi connectivity index (χ0n) is 13.2. The van der Waals surface area contributed by atoms with Gasteiger partial charge in [-0.15, -0.1) is 0 Å². The first-order chi connectivity index (χ1) is 11.3. The highest BCUT2D eigenvalue weighted by Gasteiger charge is 2.30. The van der Waals surface area contributed by atoms with Crippen LogP contribution in [0, 0.1) is 11.3 Å². The number of carbonyl (C=O) groups excluding carboxylic acids is 1. The first kappa shape index (κ1) is 17.9. The molecule has 24 heavy (non-hydrogen) atoms. The van der Waals surface area contributed by atoms with Crippen LogP contribution in [0.15, 0.2) is 36.0 Å². The number of halogens is 3. The molecule has 7 heteroatoms. The Kier molecular flexibility index (Phi) is 5.50. The van der Waals surface area contributed by atoms with Gasteiger partial charge in [0, 0.05) is 24.5 Å². The molecular weight excluding hydrogens is 319 g/mol. The molecule has 0 aromatic heterocycles. The minimum Gasteiger partial charge on any atom is -0.373 e. The van der Waals surface area contributed by atoms with Crippen LogP contribution in [0.2, 0.25) is 0 Å². The van der Waals surface area contributed by atoms with Gasteiger partial charge in [-0.3, -0.25) is 4.79 Å². The van der Waals surface area contributed by atoms with Gasteiger partial charge in [0.2, 0.25) is 0 Å². The maximum atomic E-state index is 12.7. The fourth-order valence-electron chi connectivity index (χ4n) is 2.59. The Morgan fingerprint density at radius 1 is 1.42 bits per heavy atom. The van der Waals surface area contributed by atoms with E-state index >= 15 is 0 Å². The van der Waals surface area contributed by atoms with Crippen LogP contribution in [-0.2, 0) is 11.0 Å². The summed E-state index contributed by atoms with van der Waals surface area (Å²) in [6, 6.07) is 6.37. The fourth-order valence-corrected chi connectivity index (χ4v) is 2.59. The van der Waals surface area contributed by atoms with Gasteiger partial charge in [0.15, 0.2) is 0 Å². The summed E-state index contributed by atoms with van der Waals surface area (Å²) in [7, 11) is 0. The largest absolute Gasteiger partial charge is 0.416 e. The molecule has 0 radical (unpaired) electrons. The number of nitrogens with zero attached hydrogens (tertiary/aromatic N) is 2. The highest BCUT2D eigenvalue weighted by Crippen LogP contribution is 2.30. The molecule has 1 aromatic carbocycles. The number of benzene rings is 1. The van der Waals surface area contributed by atoms with Crippen LogP contribution in [0.1, 0.15) is 31.7 Å². The number of alkyl halides is 3. The lowest BCUT2D eigenvalue weighted by Crippen LogP contribution is -2.34. The van der Waals surface area contributed by atoms with Crippen molar-refractivity contribution in [1.29, 1.82) is 5.26 Å². The van der Waals surface area contributed by atoms with Gasteiger partial charge in [-0.2, -0.15) is 18.4 Å². The topological polar surface area (TPSA) is 56.1 Å². The number of amides is 1. The maximum absolute atomic E-state index is 12.7. The Labute approximate surface area is 138 Å². The smallest absolute Gasteiger partial charge is 0.373 e. The summed E-state index contributed by atoms with van der Waals surface area (Å²) in [5, 5.41) is 11.5. The van der Waals surface area contributed by atoms with Gasteiger partial charge in [-0.1, -0.05) is 6.07 Å². The van der Waals surface area contributed by atoms with E-state index in [1.807, 2.05) is 17.9 Å². The van der Waals surface area contributed by atoms with Gasteiger partial charge >= 0.3 is 6.18 Å². The van der Waals surface area contributed by atoms with Crippen LogP contribution in [-0.4, -0.2) is 23.4 Å². The number of nitriles is 1. The van der Waals surface area contributed by atoms with Crippen LogP contribution in [0.25, 0.3) is 0 Å². The number of anilines is 1. The number of hydrogen-bond acceptors (Lipinski definition) is 3. The third-order valence-electron chi connectivity index (χ3n) is 3.96. The van der Waals surface area contributed by atoms with E-state index in [-0.39, 0.29) is 17.3 Å². The van der Waals surface area contributed by atoms with Crippen molar-refractivity contribution in [2.45, 2.75) is 38.4 Å². The van der Waals surface area contributed by atoms with Crippen LogP contribution in [0.5, 0.6) is 0 Å². The monoisotopic (exact) mass is 337 g/mol. The fraction of sp³-hybridized carbons (Fsp3) is 0.412. The number of rotatable bonds is 3. The van der Waals surface area contributed by atoms with E-state index in [2.05, 4.69) is 5.32 Å². The van der Waals surface area contributed by atoms with E-state index in [0.29, 0.717) is 0 Å². The van der Waals surface area contributed by atoms with Crippen molar-refractivity contribution >= 4 is 11.6 Å². The Balaban J connectivity index is 2.14. The van der Waals surface area contributed by atoms with E-state index < -0.39 is 17.6 Å². The molecule has 1 saturated heterocycles. The van der Waals surface area contributed by atoms with Crippen LogP contribution < -0.4 is 5.32 Å². The molecule has 1 amide bonds. The second-order valence-electron chi connectivity index (χ2n) is 5.77. The summed E-state index contributed by atoms with van der Waals surface area (Å²) >= 11 is 0. The third-order valence-corrected chi connectivity index (χ3v) is 3.96. The average Bonchev–Trinajstić information content (AvgIpc) is 2.53. The average molecular weight is 337 g/mol. The standard InChI is InChI=1S/C17H18F3N3O/c1-12-5-2-3-8-23(12)11-13(10-21)16(24)22-15-7-4-6-14(9-15)17(18,19)20/h4,6-7,9,11-12H,2-3,5,8H2,1H3,(H,22,24)/b13-11-. The molecule has 1 atom stereocenters.